The van der Waals surface area contributed by atoms with Gasteiger partial charge in [0.15, 0.2) is 0 Å². The molecule has 1 aromatic rings. The predicted octanol–water partition coefficient (Wildman–Crippen LogP) is 5.37. The fourth-order valence-corrected chi connectivity index (χ4v) is 3.46. The molecule has 0 bridgehead atoms. The van der Waals surface area contributed by atoms with Gasteiger partial charge in [0.25, 0.3) is 0 Å². The normalized spacial score (nSPS) is 19.9. The van der Waals surface area contributed by atoms with Gasteiger partial charge in [-0.1, -0.05) is 100 Å². The molecule has 7 heteroatoms. The van der Waals surface area contributed by atoms with Gasteiger partial charge in [0.2, 0.25) is 11.8 Å². The van der Waals surface area contributed by atoms with Crippen LogP contribution in [0.3, 0.4) is 0 Å². The maximum absolute atomic E-state index is 14.5. The number of carboxylic acid groups (broad SMARTS) is 1. The molecule has 156 valence electrons. The molecule has 0 fully saturated rings. The minimum absolute atomic E-state index is 0.444. The molecule has 0 aliphatic carbocycles. The third-order valence-corrected chi connectivity index (χ3v) is 5.13. The molecule has 1 aliphatic rings. The summed E-state index contributed by atoms with van der Waals surface area (Å²) in [6, 6.07) is 8.57. The summed E-state index contributed by atoms with van der Waals surface area (Å²) >= 11 is 0. The van der Waals surface area contributed by atoms with E-state index in [9.17, 15) is 14.3 Å². The van der Waals surface area contributed by atoms with Gasteiger partial charge in [-0.05, 0) is 6.42 Å². The highest BCUT2D eigenvalue weighted by Gasteiger charge is 2.50. The van der Waals surface area contributed by atoms with Gasteiger partial charge in [-0.3, -0.25) is 0 Å². The highest BCUT2D eigenvalue weighted by atomic mass is 19.1. The number of rotatable bonds is 14. The lowest BCUT2D eigenvalue weighted by molar-refractivity contribution is -0.147. The molecule has 0 aromatic heterocycles. The Hall–Kier alpha value is -2.02. The van der Waals surface area contributed by atoms with E-state index in [0.29, 0.717) is 12.1 Å². The number of nitrogens with one attached hydrogen (secondary N) is 1. The Balaban J connectivity index is 1.73. The van der Waals surface area contributed by atoms with Gasteiger partial charge in [-0.25, -0.2) is 14.3 Å². The first-order valence-corrected chi connectivity index (χ1v) is 10.5. The fourth-order valence-electron chi connectivity index (χ4n) is 3.46. The summed E-state index contributed by atoms with van der Waals surface area (Å²) in [7, 11) is 0. The van der Waals surface area contributed by atoms with Crippen molar-refractivity contribution in [2.24, 2.45) is 10.3 Å². The van der Waals surface area contributed by atoms with Crippen molar-refractivity contribution in [3.63, 3.8) is 0 Å². The molecule has 1 aromatic carbocycles. The monoisotopic (exact) mass is 392 g/mol. The predicted molar refractivity (Wildman–Crippen MR) is 107 cm³/mol. The summed E-state index contributed by atoms with van der Waals surface area (Å²) in [5.74, 6) is -1.56. The summed E-state index contributed by atoms with van der Waals surface area (Å²) in [6.07, 6.45) is 10.0. The molecule has 0 radical (unpaired) electrons. The zero-order valence-electron chi connectivity index (χ0n) is 16.8. The topological polar surface area (TPSA) is 77.3 Å². The van der Waals surface area contributed by atoms with E-state index in [-0.39, 0.29) is 0 Å². The van der Waals surface area contributed by atoms with Crippen molar-refractivity contribution in [3.8, 4) is 0 Å². The molecule has 6 nitrogen and oxygen atoms in total. The van der Waals surface area contributed by atoms with Crippen LogP contribution in [0.2, 0.25) is 0 Å². The van der Waals surface area contributed by atoms with Crippen LogP contribution in [0.15, 0.2) is 40.7 Å². The maximum Gasteiger partial charge on any atom is 0.342 e. The van der Waals surface area contributed by atoms with Crippen molar-refractivity contribution in [3.05, 3.63) is 35.9 Å². The Bertz CT molecular complexity index is 614. The van der Waals surface area contributed by atoms with E-state index in [1.165, 1.54) is 56.5 Å². The number of hydrogen-bond donors (Lipinski definition) is 2. The molecule has 1 aliphatic heterocycles. The maximum atomic E-state index is 14.5. The Kier molecular flexibility index (Phi) is 9.34. The number of nitrogens with zero attached hydrogens (tertiary/aromatic N) is 3. The number of aliphatic carboxylic acids is 1. The van der Waals surface area contributed by atoms with Crippen LogP contribution in [0.1, 0.15) is 76.7 Å². The number of unbranched alkanes of at least 4 members (excludes halogenated alkanes) is 9. The van der Waals surface area contributed by atoms with Gasteiger partial charge in [-0.15, -0.1) is 5.11 Å². The van der Waals surface area contributed by atoms with Crippen molar-refractivity contribution in [1.82, 2.24) is 10.5 Å². The Morgan fingerprint density at radius 2 is 1.64 bits per heavy atom. The summed E-state index contributed by atoms with van der Waals surface area (Å²) in [5.41, 5.74) is 1.62. The first kappa shape index (κ1) is 22.3. The second-order valence-corrected chi connectivity index (χ2v) is 7.44. The minimum atomic E-state index is -2.23. The van der Waals surface area contributed by atoms with E-state index in [0.717, 1.165) is 12.8 Å². The molecular formula is C21H33FN4O2. The Labute approximate surface area is 167 Å². The van der Waals surface area contributed by atoms with E-state index >= 15 is 0 Å². The quantitative estimate of drug-likeness (QED) is 0.417. The molecule has 0 amide bonds. The van der Waals surface area contributed by atoms with E-state index in [1.807, 2.05) is 0 Å². The summed E-state index contributed by atoms with van der Waals surface area (Å²) in [4.78, 5) is 11.3. The zero-order valence-corrected chi connectivity index (χ0v) is 16.8. The highest BCUT2D eigenvalue weighted by molar-refractivity contribution is 5.74. The highest BCUT2D eigenvalue weighted by Crippen LogP contribution is 2.34. The number of hydrazine groups is 1. The minimum Gasteiger partial charge on any atom is -0.479 e. The molecule has 2 unspecified atom stereocenters. The van der Waals surface area contributed by atoms with Crippen LogP contribution in [0.5, 0.6) is 0 Å². The molecule has 0 spiro atoms. The SMILES string of the molecule is CCCCCCCCCCCCN1N=NC(c2ccccc2)(C(F)C(=O)O)N1. The largest absolute Gasteiger partial charge is 0.479 e. The lowest BCUT2D eigenvalue weighted by Crippen LogP contribution is -2.53. The lowest BCUT2D eigenvalue weighted by Gasteiger charge is -2.28. The second-order valence-electron chi connectivity index (χ2n) is 7.44. The van der Waals surface area contributed by atoms with Gasteiger partial charge in [0, 0.05) is 5.56 Å². The van der Waals surface area contributed by atoms with Crippen molar-refractivity contribution >= 4 is 5.97 Å². The molecule has 0 saturated heterocycles. The number of alkyl halides is 1. The van der Waals surface area contributed by atoms with Crippen LogP contribution < -0.4 is 5.43 Å². The number of hydrogen-bond acceptors (Lipinski definition) is 5. The first-order valence-electron chi connectivity index (χ1n) is 10.5. The van der Waals surface area contributed by atoms with Crippen LogP contribution in [0, 0.1) is 0 Å². The van der Waals surface area contributed by atoms with E-state index in [4.69, 9.17) is 0 Å². The molecule has 2 atom stereocenters. The molecule has 1 heterocycles. The first-order chi connectivity index (χ1) is 13.6. The van der Waals surface area contributed by atoms with Crippen molar-refractivity contribution in [2.75, 3.05) is 6.54 Å². The zero-order chi connectivity index (χ0) is 20.2. The van der Waals surface area contributed by atoms with Crippen LogP contribution in [-0.4, -0.2) is 28.9 Å². The van der Waals surface area contributed by atoms with Crippen molar-refractivity contribution < 1.29 is 14.3 Å². The van der Waals surface area contributed by atoms with Gasteiger partial charge in [-0.2, -0.15) is 5.43 Å². The summed E-state index contributed by atoms with van der Waals surface area (Å²) < 4.78 is 14.5. The fraction of sp³-hybridized carbons (Fsp3) is 0.667. The third kappa shape index (κ3) is 6.26. The van der Waals surface area contributed by atoms with Crippen LogP contribution in [0.4, 0.5) is 4.39 Å². The number of carbonyl (C=O) groups is 1. The van der Waals surface area contributed by atoms with E-state index in [1.54, 1.807) is 30.3 Å². The van der Waals surface area contributed by atoms with Crippen LogP contribution in [-0.2, 0) is 10.5 Å². The third-order valence-electron chi connectivity index (χ3n) is 5.13. The molecule has 0 saturated carbocycles. The standard InChI is InChI=1S/C21H33FN4O2/c1-2-3-4-5-6-7-8-9-10-14-17-26-24-21(23-25-26,19(22)20(27)28)18-15-12-11-13-16-18/h11-13,15-16,19,24H,2-10,14,17H2,1H3,(H,27,28). The van der Waals surface area contributed by atoms with E-state index in [2.05, 4.69) is 22.7 Å². The Morgan fingerprint density at radius 3 is 2.21 bits per heavy atom. The van der Waals surface area contributed by atoms with Gasteiger partial charge >= 0.3 is 5.97 Å². The Morgan fingerprint density at radius 1 is 1.07 bits per heavy atom. The van der Waals surface area contributed by atoms with Gasteiger partial charge in [0.05, 0.1) is 6.54 Å². The number of benzene rings is 1. The number of carboxylic acids is 1. The van der Waals surface area contributed by atoms with Crippen LogP contribution >= 0.6 is 0 Å². The second kappa shape index (κ2) is 11.7. The molecular weight excluding hydrogens is 359 g/mol. The van der Waals surface area contributed by atoms with Crippen molar-refractivity contribution in [1.29, 1.82) is 0 Å². The molecule has 28 heavy (non-hydrogen) atoms. The van der Waals surface area contributed by atoms with Gasteiger partial charge < -0.3 is 5.11 Å². The molecule has 2 rings (SSSR count). The average molecular weight is 393 g/mol. The summed E-state index contributed by atoms with van der Waals surface area (Å²) in [5, 5.41) is 18.6. The number of halogens is 1. The lowest BCUT2D eigenvalue weighted by atomic mass is 9.96. The van der Waals surface area contributed by atoms with E-state index < -0.39 is 17.8 Å². The van der Waals surface area contributed by atoms with Gasteiger partial charge in [0.1, 0.15) is 0 Å². The average Bonchev–Trinajstić information content (AvgIpc) is 3.15. The molecule has 2 N–H and O–H groups in total. The summed E-state index contributed by atoms with van der Waals surface area (Å²) in [6.45, 7) is 2.80. The smallest absolute Gasteiger partial charge is 0.342 e. The van der Waals surface area contributed by atoms with Crippen molar-refractivity contribution in [2.45, 2.75) is 83.0 Å². The van der Waals surface area contributed by atoms with Crippen LogP contribution in [0.25, 0.3) is 0 Å².